The predicted octanol–water partition coefficient (Wildman–Crippen LogP) is 0.365. The van der Waals surface area contributed by atoms with E-state index < -0.39 is 32.0 Å². The van der Waals surface area contributed by atoms with Crippen LogP contribution in [0.15, 0.2) is 0 Å². The van der Waals surface area contributed by atoms with Crippen molar-refractivity contribution in [1.82, 2.24) is 0 Å². The summed E-state index contributed by atoms with van der Waals surface area (Å²) in [5.74, 6) is -1.52. The fraction of sp³-hybridized carbons (Fsp3) is 1.00. The van der Waals surface area contributed by atoms with Crippen molar-refractivity contribution in [2.45, 2.75) is 12.8 Å². The third-order valence-electron chi connectivity index (χ3n) is 1.03. The minimum Gasteiger partial charge on any atom is -0.195 e. The Morgan fingerprint density at radius 1 is 0.750 bits per heavy atom. The average Bonchev–Trinajstić information content (AvgIpc) is 1.76. The van der Waals surface area contributed by atoms with Gasteiger partial charge in [-0.15, -0.1) is 7.77 Å². The molecule has 0 rings (SSSR count). The Balaban J connectivity index is 3.62. The number of rotatable bonds is 5. The van der Waals surface area contributed by atoms with E-state index >= 15 is 0 Å². The van der Waals surface area contributed by atoms with Gasteiger partial charge in [0.15, 0.2) is 0 Å². The van der Waals surface area contributed by atoms with E-state index in [0.717, 1.165) is 0 Å². The lowest BCUT2D eigenvalue weighted by atomic mass is 10.4. The van der Waals surface area contributed by atoms with Gasteiger partial charge in [0.05, 0.1) is 11.5 Å². The third kappa shape index (κ3) is 9.76. The Labute approximate surface area is 70.0 Å². The van der Waals surface area contributed by atoms with Crippen molar-refractivity contribution in [3.63, 3.8) is 0 Å². The van der Waals surface area contributed by atoms with Crippen LogP contribution in [-0.2, 0) is 20.4 Å². The highest BCUT2D eigenvalue weighted by Crippen LogP contribution is 2.01. The van der Waals surface area contributed by atoms with Crippen LogP contribution in [0.2, 0.25) is 0 Å². The lowest BCUT2D eigenvalue weighted by Crippen LogP contribution is -2.03. The minimum atomic E-state index is -4.56. The molecule has 12 heavy (non-hydrogen) atoms. The zero-order valence-electron chi connectivity index (χ0n) is 6.03. The summed E-state index contributed by atoms with van der Waals surface area (Å²) in [6.07, 6.45) is -0.385. The van der Waals surface area contributed by atoms with E-state index in [1.165, 1.54) is 0 Å². The molecule has 74 valence electrons. The Morgan fingerprint density at radius 3 is 1.17 bits per heavy atom. The molecule has 4 nitrogen and oxygen atoms in total. The predicted molar refractivity (Wildman–Crippen MR) is 39.0 cm³/mol. The van der Waals surface area contributed by atoms with Gasteiger partial charge in [-0.3, -0.25) is 0 Å². The van der Waals surface area contributed by atoms with Crippen LogP contribution in [0, 0.1) is 0 Å². The molecule has 0 spiro atoms. The highest BCUT2D eigenvalue weighted by atomic mass is 32.3. The molecule has 0 saturated heterocycles. The molecular weight excluding hydrogens is 214 g/mol. The van der Waals surface area contributed by atoms with Crippen molar-refractivity contribution < 1.29 is 24.6 Å². The fourth-order valence-electron chi connectivity index (χ4n) is 0.549. The SMILES string of the molecule is O=S(=O)(F)CCCCS(=O)(=O)F. The standard InChI is InChI=1S/C4H8F2O4S2/c5-11(7,8)3-1-2-4-12(6,9)10/h1-4H2. The molecule has 0 aromatic heterocycles. The van der Waals surface area contributed by atoms with Gasteiger partial charge in [0.1, 0.15) is 0 Å². The largest absolute Gasteiger partial charge is 0.302 e. The molecule has 8 heteroatoms. The average molecular weight is 222 g/mol. The zero-order valence-corrected chi connectivity index (χ0v) is 7.67. The summed E-state index contributed by atoms with van der Waals surface area (Å²) in [5.41, 5.74) is 0. The molecule has 0 aromatic carbocycles. The molecule has 0 unspecified atom stereocenters. The summed E-state index contributed by atoms with van der Waals surface area (Å²) < 4.78 is 62.9. The number of halogens is 2. The second kappa shape index (κ2) is 4.13. The van der Waals surface area contributed by atoms with Gasteiger partial charge >= 0.3 is 20.4 Å². The number of unbranched alkanes of at least 4 members (excludes halogenated alkanes) is 1. The van der Waals surface area contributed by atoms with Crippen molar-refractivity contribution in [2.24, 2.45) is 0 Å². The molecule has 0 radical (unpaired) electrons. The Morgan fingerprint density at radius 2 is 1.00 bits per heavy atom. The second-order valence-electron chi connectivity index (χ2n) is 2.19. The van der Waals surface area contributed by atoms with Crippen molar-refractivity contribution in [3.8, 4) is 0 Å². The first-order valence-electron chi connectivity index (χ1n) is 3.05. The Bertz CT molecular complexity index is 283. The minimum absolute atomic E-state index is 0.192. The van der Waals surface area contributed by atoms with E-state index in [2.05, 4.69) is 0 Å². The molecule has 0 atom stereocenters. The van der Waals surface area contributed by atoms with Gasteiger partial charge in [-0.05, 0) is 12.8 Å². The Hall–Kier alpha value is -0.240. The van der Waals surface area contributed by atoms with Gasteiger partial charge in [-0.2, -0.15) is 16.8 Å². The van der Waals surface area contributed by atoms with Crippen LogP contribution in [-0.4, -0.2) is 28.3 Å². The molecule has 0 aliphatic heterocycles. The molecule has 0 aliphatic carbocycles. The zero-order chi connectivity index (χ0) is 9.83. The van der Waals surface area contributed by atoms with Crippen LogP contribution in [0.3, 0.4) is 0 Å². The van der Waals surface area contributed by atoms with Crippen molar-refractivity contribution in [3.05, 3.63) is 0 Å². The summed E-state index contributed by atoms with van der Waals surface area (Å²) in [6.45, 7) is 0. The van der Waals surface area contributed by atoms with Crippen LogP contribution >= 0.6 is 0 Å². The molecule has 0 bridgehead atoms. The maximum atomic E-state index is 11.7. The van der Waals surface area contributed by atoms with Gasteiger partial charge in [-0.1, -0.05) is 0 Å². The van der Waals surface area contributed by atoms with Crippen molar-refractivity contribution in [1.29, 1.82) is 0 Å². The topological polar surface area (TPSA) is 68.3 Å². The summed E-state index contributed by atoms with van der Waals surface area (Å²) >= 11 is 0. The van der Waals surface area contributed by atoms with Gasteiger partial charge in [0.25, 0.3) is 0 Å². The molecule has 0 N–H and O–H groups in total. The molecule has 0 amide bonds. The van der Waals surface area contributed by atoms with E-state index in [0.29, 0.717) is 0 Å². The van der Waals surface area contributed by atoms with E-state index in [-0.39, 0.29) is 12.8 Å². The molecule has 0 aromatic rings. The van der Waals surface area contributed by atoms with E-state index in [1.54, 1.807) is 0 Å². The summed E-state index contributed by atoms with van der Waals surface area (Å²) in [5, 5.41) is 0. The second-order valence-corrected chi connectivity index (χ2v) is 5.16. The van der Waals surface area contributed by atoms with Gasteiger partial charge < -0.3 is 0 Å². The maximum Gasteiger partial charge on any atom is 0.302 e. The Kier molecular flexibility index (Phi) is 4.04. The molecule has 0 saturated carbocycles. The number of hydrogen-bond acceptors (Lipinski definition) is 4. The van der Waals surface area contributed by atoms with E-state index in [9.17, 15) is 24.6 Å². The molecular formula is C4H8F2O4S2. The lowest BCUT2D eigenvalue weighted by Gasteiger charge is -1.93. The monoisotopic (exact) mass is 222 g/mol. The van der Waals surface area contributed by atoms with E-state index in [1.807, 2.05) is 0 Å². The van der Waals surface area contributed by atoms with Crippen molar-refractivity contribution in [2.75, 3.05) is 11.5 Å². The summed E-state index contributed by atoms with van der Waals surface area (Å²) in [4.78, 5) is 0. The van der Waals surface area contributed by atoms with Gasteiger partial charge in [-0.25, -0.2) is 0 Å². The van der Waals surface area contributed by atoms with Crippen LogP contribution in [0.25, 0.3) is 0 Å². The van der Waals surface area contributed by atoms with E-state index in [4.69, 9.17) is 0 Å². The molecule has 0 heterocycles. The molecule has 0 fully saturated rings. The number of hydrogen-bond donors (Lipinski definition) is 0. The van der Waals surface area contributed by atoms with Gasteiger partial charge in [0, 0.05) is 0 Å². The highest BCUT2D eigenvalue weighted by Gasteiger charge is 2.10. The van der Waals surface area contributed by atoms with Crippen LogP contribution in [0.5, 0.6) is 0 Å². The van der Waals surface area contributed by atoms with Crippen LogP contribution in [0.1, 0.15) is 12.8 Å². The highest BCUT2D eigenvalue weighted by molar-refractivity contribution is 7.86. The summed E-state index contributed by atoms with van der Waals surface area (Å²) in [6, 6.07) is 0. The normalized spacial score (nSPS) is 13.2. The maximum absolute atomic E-state index is 11.7. The lowest BCUT2D eigenvalue weighted by molar-refractivity contribution is 0.540. The van der Waals surface area contributed by atoms with Crippen LogP contribution < -0.4 is 0 Å². The van der Waals surface area contributed by atoms with Crippen LogP contribution in [0.4, 0.5) is 7.77 Å². The first-order chi connectivity index (χ1) is 5.21. The first kappa shape index (κ1) is 11.8. The summed E-state index contributed by atoms with van der Waals surface area (Å²) in [7, 11) is -9.12. The molecule has 0 aliphatic rings. The fourth-order valence-corrected chi connectivity index (χ4v) is 1.65. The first-order valence-corrected chi connectivity index (χ1v) is 6.16. The smallest absolute Gasteiger partial charge is 0.195 e. The quantitative estimate of drug-likeness (QED) is 0.497. The third-order valence-corrected chi connectivity index (χ3v) is 2.58. The van der Waals surface area contributed by atoms with Crippen molar-refractivity contribution >= 4 is 20.4 Å². The van der Waals surface area contributed by atoms with Gasteiger partial charge in [0.2, 0.25) is 0 Å².